The number of hydrogen-bond acceptors (Lipinski definition) is 2. The molecule has 1 rings (SSSR count). The average molecular weight is 285 g/mol. The molecule has 0 saturated carbocycles. The molecule has 0 bridgehead atoms. The Morgan fingerprint density at radius 2 is 1.94 bits per heavy atom. The Labute approximate surface area is 103 Å². The third kappa shape index (κ3) is 3.06. The summed E-state index contributed by atoms with van der Waals surface area (Å²) in [4.78, 5) is 9.89. The molecule has 1 amide bonds. The second-order valence-corrected chi connectivity index (χ2v) is 4.43. The SMILES string of the molecule is C=CC(=O)NCc1ccc(C(F)(F)C(F)(F)F)s1. The minimum atomic E-state index is -5.63. The second-order valence-electron chi connectivity index (χ2n) is 3.26. The molecule has 0 aromatic carbocycles. The molecule has 100 valence electrons. The number of halogens is 5. The summed E-state index contributed by atoms with van der Waals surface area (Å²) in [5, 5.41) is 2.28. The topological polar surface area (TPSA) is 29.1 Å². The van der Waals surface area contributed by atoms with Crippen molar-refractivity contribution in [1.29, 1.82) is 0 Å². The molecule has 1 aromatic rings. The Morgan fingerprint density at radius 1 is 1.33 bits per heavy atom. The molecule has 1 N–H and O–H groups in total. The maximum atomic E-state index is 12.9. The normalized spacial score (nSPS) is 12.3. The first-order valence-electron chi connectivity index (χ1n) is 4.62. The van der Waals surface area contributed by atoms with Gasteiger partial charge in [-0.2, -0.15) is 22.0 Å². The summed E-state index contributed by atoms with van der Waals surface area (Å²) in [6.07, 6.45) is -4.65. The molecule has 1 aromatic heterocycles. The zero-order chi connectivity index (χ0) is 14.0. The zero-order valence-electron chi connectivity index (χ0n) is 8.85. The van der Waals surface area contributed by atoms with Crippen LogP contribution in [-0.2, 0) is 17.3 Å². The number of amides is 1. The maximum absolute atomic E-state index is 12.9. The van der Waals surface area contributed by atoms with E-state index in [1.54, 1.807) is 0 Å². The molecule has 18 heavy (non-hydrogen) atoms. The molecule has 8 heteroatoms. The minimum Gasteiger partial charge on any atom is -0.348 e. The Morgan fingerprint density at radius 3 is 2.44 bits per heavy atom. The average Bonchev–Trinajstić information content (AvgIpc) is 2.73. The Kier molecular flexibility index (Phi) is 4.10. The number of thiophene rings is 1. The van der Waals surface area contributed by atoms with Gasteiger partial charge in [0.25, 0.3) is 0 Å². The molecule has 0 unspecified atom stereocenters. The van der Waals surface area contributed by atoms with Crippen LogP contribution in [0.4, 0.5) is 22.0 Å². The fourth-order valence-electron chi connectivity index (χ4n) is 1.03. The summed E-state index contributed by atoms with van der Waals surface area (Å²) in [6, 6.07) is 1.82. The number of carbonyl (C=O) groups is 1. The number of nitrogens with one attached hydrogen (secondary N) is 1. The van der Waals surface area contributed by atoms with Crippen LogP contribution in [0, 0.1) is 0 Å². The summed E-state index contributed by atoms with van der Waals surface area (Å²) in [5.41, 5.74) is 0. The van der Waals surface area contributed by atoms with Gasteiger partial charge in [-0.05, 0) is 18.2 Å². The Bertz CT molecular complexity index is 451. The van der Waals surface area contributed by atoms with Gasteiger partial charge in [0, 0.05) is 4.88 Å². The predicted molar refractivity (Wildman–Crippen MR) is 56.3 cm³/mol. The summed E-state index contributed by atoms with van der Waals surface area (Å²) >= 11 is 0.300. The van der Waals surface area contributed by atoms with E-state index in [0.29, 0.717) is 17.4 Å². The third-order valence-electron chi connectivity index (χ3n) is 1.95. The number of carbonyl (C=O) groups excluding carboxylic acids is 1. The molecule has 1 heterocycles. The van der Waals surface area contributed by atoms with Gasteiger partial charge in [0.1, 0.15) is 0 Å². The molecule has 2 nitrogen and oxygen atoms in total. The zero-order valence-corrected chi connectivity index (χ0v) is 9.67. The lowest BCUT2D eigenvalue weighted by atomic mass is 10.2. The Hall–Kier alpha value is -1.44. The van der Waals surface area contributed by atoms with E-state index in [-0.39, 0.29) is 11.4 Å². The van der Waals surface area contributed by atoms with Crippen molar-refractivity contribution in [3.05, 3.63) is 34.5 Å². The van der Waals surface area contributed by atoms with Crippen molar-refractivity contribution in [2.24, 2.45) is 0 Å². The maximum Gasteiger partial charge on any atom is 0.458 e. The predicted octanol–water partition coefficient (Wildman–Crippen LogP) is 3.20. The summed E-state index contributed by atoms with van der Waals surface area (Å²) in [5.74, 6) is -5.41. The van der Waals surface area contributed by atoms with Crippen molar-refractivity contribution in [3.63, 3.8) is 0 Å². The molecule has 0 aliphatic heterocycles. The molecule has 0 radical (unpaired) electrons. The van der Waals surface area contributed by atoms with E-state index in [1.807, 2.05) is 0 Å². The highest BCUT2D eigenvalue weighted by molar-refractivity contribution is 7.12. The quantitative estimate of drug-likeness (QED) is 0.668. The first-order valence-corrected chi connectivity index (χ1v) is 5.44. The lowest BCUT2D eigenvalue weighted by Crippen LogP contribution is -2.32. The van der Waals surface area contributed by atoms with Crippen LogP contribution in [0.1, 0.15) is 9.75 Å². The van der Waals surface area contributed by atoms with Crippen molar-refractivity contribution >= 4 is 17.2 Å². The van der Waals surface area contributed by atoms with Crippen molar-refractivity contribution in [2.75, 3.05) is 0 Å². The van der Waals surface area contributed by atoms with E-state index < -0.39 is 22.9 Å². The van der Waals surface area contributed by atoms with Crippen LogP contribution in [0.3, 0.4) is 0 Å². The van der Waals surface area contributed by atoms with E-state index in [1.165, 1.54) is 0 Å². The standard InChI is InChI=1S/C10H8F5NOS/c1-2-8(17)16-5-6-3-4-7(18-6)9(11,12)10(13,14)15/h2-4H,1,5H2,(H,16,17). The molecular weight excluding hydrogens is 277 g/mol. The van der Waals surface area contributed by atoms with Gasteiger partial charge in [-0.15, -0.1) is 11.3 Å². The van der Waals surface area contributed by atoms with Gasteiger partial charge in [-0.25, -0.2) is 0 Å². The second kappa shape index (κ2) is 5.05. The number of alkyl halides is 5. The highest BCUT2D eigenvalue weighted by atomic mass is 32.1. The van der Waals surface area contributed by atoms with Crippen molar-refractivity contribution in [3.8, 4) is 0 Å². The van der Waals surface area contributed by atoms with Crippen LogP contribution in [0.25, 0.3) is 0 Å². The highest BCUT2D eigenvalue weighted by Gasteiger charge is 2.59. The van der Waals surface area contributed by atoms with Crippen LogP contribution >= 0.6 is 11.3 Å². The number of rotatable bonds is 4. The summed E-state index contributed by atoms with van der Waals surface area (Å²) < 4.78 is 62.1. The van der Waals surface area contributed by atoms with Crippen LogP contribution in [0.2, 0.25) is 0 Å². The lowest BCUT2D eigenvalue weighted by Gasteiger charge is -2.17. The van der Waals surface area contributed by atoms with Crippen molar-refractivity contribution in [1.82, 2.24) is 5.32 Å². The van der Waals surface area contributed by atoms with Gasteiger partial charge in [0.05, 0.1) is 11.4 Å². The molecule has 0 fully saturated rings. The summed E-state index contributed by atoms with van der Waals surface area (Å²) in [7, 11) is 0. The Balaban J connectivity index is 2.80. The molecule has 0 spiro atoms. The van der Waals surface area contributed by atoms with Crippen LogP contribution < -0.4 is 5.32 Å². The van der Waals surface area contributed by atoms with E-state index in [0.717, 1.165) is 12.1 Å². The first kappa shape index (κ1) is 14.6. The first-order chi connectivity index (χ1) is 8.18. The smallest absolute Gasteiger partial charge is 0.348 e. The lowest BCUT2D eigenvalue weighted by molar-refractivity contribution is -0.287. The van der Waals surface area contributed by atoms with E-state index >= 15 is 0 Å². The molecule has 0 atom stereocenters. The molecule has 0 saturated heterocycles. The monoisotopic (exact) mass is 285 g/mol. The van der Waals surface area contributed by atoms with E-state index in [4.69, 9.17) is 0 Å². The van der Waals surface area contributed by atoms with Gasteiger partial charge in [0.15, 0.2) is 0 Å². The fraction of sp³-hybridized carbons (Fsp3) is 0.300. The van der Waals surface area contributed by atoms with Gasteiger partial charge >= 0.3 is 12.1 Å². The van der Waals surface area contributed by atoms with Crippen molar-refractivity contribution < 1.29 is 26.7 Å². The van der Waals surface area contributed by atoms with Gasteiger partial charge in [-0.3, -0.25) is 4.79 Å². The van der Waals surface area contributed by atoms with E-state index in [2.05, 4.69) is 11.9 Å². The number of hydrogen-bond donors (Lipinski definition) is 1. The van der Waals surface area contributed by atoms with Crippen LogP contribution in [-0.4, -0.2) is 12.1 Å². The molecule has 0 aliphatic rings. The highest BCUT2D eigenvalue weighted by Crippen LogP contribution is 2.46. The van der Waals surface area contributed by atoms with Gasteiger partial charge in [-0.1, -0.05) is 6.58 Å². The largest absolute Gasteiger partial charge is 0.458 e. The van der Waals surface area contributed by atoms with E-state index in [9.17, 15) is 26.7 Å². The van der Waals surface area contributed by atoms with Gasteiger partial charge in [0.2, 0.25) is 5.91 Å². The van der Waals surface area contributed by atoms with Crippen LogP contribution in [0.5, 0.6) is 0 Å². The third-order valence-corrected chi connectivity index (χ3v) is 3.10. The minimum absolute atomic E-state index is 0.122. The summed E-state index contributed by atoms with van der Waals surface area (Å²) in [6.45, 7) is 3.05. The van der Waals surface area contributed by atoms with Crippen LogP contribution in [0.15, 0.2) is 24.8 Å². The van der Waals surface area contributed by atoms with Gasteiger partial charge < -0.3 is 5.32 Å². The van der Waals surface area contributed by atoms with Crippen molar-refractivity contribution in [2.45, 2.75) is 18.6 Å². The molecule has 0 aliphatic carbocycles. The fourth-order valence-corrected chi connectivity index (χ4v) is 1.97. The molecular formula is C10H8F5NOS.